The SMILES string of the molecule is CO[C@H]1O[C@@H]2CO[C@@H](CS(=O)(=O)c3ccccc3)O[C@H]2[C@H](O)[C@H]1O. The van der Waals surface area contributed by atoms with E-state index in [2.05, 4.69) is 0 Å². The van der Waals surface area contributed by atoms with E-state index < -0.39 is 52.6 Å². The van der Waals surface area contributed by atoms with E-state index in [4.69, 9.17) is 18.9 Å². The Hall–Kier alpha value is -1.07. The zero-order chi connectivity index (χ0) is 17.3. The Bertz CT molecular complexity index is 647. The van der Waals surface area contributed by atoms with Gasteiger partial charge >= 0.3 is 0 Å². The fourth-order valence-electron chi connectivity index (χ4n) is 2.81. The molecule has 24 heavy (non-hydrogen) atoms. The van der Waals surface area contributed by atoms with Gasteiger partial charge in [-0.25, -0.2) is 8.42 Å². The molecule has 8 nitrogen and oxygen atoms in total. The smallest absolute Gasteiger partial charge is 0.186 e. The van der Waals surface area contributed by atoms with E-state index in [0.717, 1.165) is 0 Å². The molecule has 1 aromatic carbocycles. The third-order valence-corrected chi connectivity index (χ3v) is 5.79. The number of benzene rings is 1. The van der Waals surface area contributed by atoms with Gasteiger partial charge in [0, 0.05) is 7.11 Å². The summed E-state index contributed by atoms with van der Waals surface area (Å²) in [7, 11) is -2.26. The molecule has 0 amide bonds. The molecule has 0 bridgehead atoms. The molecule has 2 fully saturated rings. The van der Waals surface area contributed by atoms with Crippen LogP contribution in [0.2, 0.25) is 0 Å². The van der Waals surface area contributed by atoms with Crippen LogP contribution in [0.5, 0.6) is 0 Å². The van der Waals surface area contributed by atoms with Crippen molar-refractivity contribution in [1.82, 2.24) is 0 Å². The molecular weight excluding hydrogens is 340 g/mol. The monoisotopic (exact) mass is 360 g/mol. The van der Waals surface area contributed by atoms with Gasteiger partial charge in [-0.1, -0.05) is 18.2 Å². The molecule has 6 atom stereocenters. The van der Waals surface area contributed by atoms with Gasteiger partial charge in [0.05, 0.1) is 11.5 Å². The number of rotatable bonds is 4. The molecule has 2 saturated heterocycles. The van der Waals surface area contributed by atoms with Gasteiger partial charge in [0.25, 0.3) is 0 Å². The molecule has 0 saturated carbocycles. The summed E-state index contributed by atoms with van der Waals surface area (Å²) in [6.07, 6.45) is -6.14. The second-order valence-electron chi connectivity index (χ2n) is 5.72. The summed E-state index contributed by atoms with van der Waals surface area (Å²) in [6, 6.07) is 7.97. The average Bonchev–Trinajstić information content (AvgIpc) is 2.59. The van der Waals surface area contributed by atoms with Gasteiger partial charge in [0.15, 0.2) is 22.4 Å². The van der Waals surface area contributed by atoms with Gasteiger partial charge in [-0.15, -0.1) is 0 Å². The normalized spacial score (nSPS) is 37.0. The highest BCUT2D eigenvalue weighted by Crippen LogP contribution is 2.29. The van der Waals surface area contributed by atoms with Crippen LogP contribution in [-0.4, -0.2) is 75.1 Å². The lowest BCUT2D eigenvalue weighted by Gasteiger charge is -2.45. The van der Waals surface area contributed by atoms with Crippen LogP contribution in [0.15, 0.2) is 35.2 Å². The van der Waals surface area contributed by atoms with Crippen LogP contribution in [0.25, 0.3) is 0 Å². The summed E-state index contributed by atoms with van der Waals surface area (Å²) in [5.41, 5.74) is 0. The second kappa shape index (κ2) is 7.04. The Balaban J connectivity index is 1.69. The third-order valence-electron chi connectivity index (χ3n) is 4.09. The van der Waals surface area contributed by atoms with Crippen molar-refractivity contribution in [2.24, 2.45) is 0 Å². The zero-order valence-electron chi connectivity index (χ0n) is 13.0. The van der Waals surface area contributed by atoms with Crippen molar-refractivity contribution in [1.29, 1.82) is 0 Å². The predicted octanol–water partition coefficient (Wildman–Crippen LogP) is -0.705. The number of fused-ring (bicyclic) bond motifs is 1. The maximum absolute atomic E-state index is 12.4. The van der Waals surface area contributed by atoms with Crippen LogP contribution in [0.1, 0.15) is 0 Å². The Morgan fingerprint density at radius 3 is 2.54 bits per heavy atom. The minimum absolute atomic E-state index is 0.0310. The number of hydrogen-bond donors (Lipinski definition) is 2. The van der Waals surface area contributed by atoms with Crippen LogP contribution in [0.3, 0.4) is 0 Å². The van der Waals surface area contributed by atoms with E-state index in [1.807, 2.05) is 0 Å². The first kappa shape index (κ1) is 17.7. The molecule has 3 rings (SSSR count). The maximum Gasteiger partial charge on any atom is 0.186 e. The first-order valence-corrected chi connectivity index (χ1v) is 9.17. The first-order chi connectivity index (χ1) is 11.4. The summed E-state index contributed by atoms with van der Waals surface area (Å²) in [5.74, 6) is -0.392. The number of sulfone groups is 1. The van der Waals surface area contributed by atoms with E-state index >= 15 is 0 Å². The van der Waals surface area contributed by atoms with E-state index in [9.17, 15) is 18.6 Å². The lowest BCUT2D eigenvalue weighted by Crippen LogP contribution is -2.63. The van der Waals surface area contributed by atoms with Crippen LogP contribution in [0, 0.1) is 0 Å². The molecule has 2 heterocycles. The number of aliphatic hydroxyl groups is 2. The van der Waals surface area contributed by atoms with Crippen LogP contribution in [-0.2, 0) is 28.8 Å². The maximum atomic E-state index is 12.4. The van der Waals surface area contributed by atoms with Crippen molar-refractivity contribution < 1.29 is 37.6 Å². The summed E-state index contributed by atoms with van der Waals surface area (Å²) < 4.78 is 46.1. The van der Waals surface area contributed by atoms with E-state index in [1.165, 1.54) is 19.2 Å². The minimum atomic E-state index is -3.60. The predicted molar refractivity (Wildman–Crippen MR) is 80.8 cm³/mol. The van der Waals surface area contributed by atoms with Crippen molar-refractivity contribution in [2.45, 2.75) is 41.9 Å². The highest BCUT2D eigenvalue weighted by Gasteiger charge is 2.49. The summed E-state index contributed by atoms with van der Waals surface area (Å²) in [5, 5.41) is 20.1. The van der Waals surface area contributed by atoms with Crippen molar-refractivity contribution >= 4 is 9.84 Å². The van der Waals surface area contributed by atoms with Crippen molar-refractivity contribution in [2.75, 3.05) is 19.5 Å². The van der Waals surface area contributed by atoms with Gasteiger partial charge in [-0.2, -0.15) is 0 Å². The number of hydrogen-bond acceptors (Lipinski definition) is 8. The van der Waals surface area contributed by atoms with Gasteiger partial charge in [-0.05, 0) is 12.1 Å². The Kier molecular flexibility index (Phi) is 5.21. The fourth-order valence-corrected chi connectivity index (χ4v) is 4.11. The number of ether oxygens (including phenoxy) is 4. The van der Waals surface area contributed by atoms with E-state index in [0.29, 0.717) is 0 Å². The van der Waals surface area contributed by atoms with Crippen LogP contribution in [0.4, 0.5) is 0 Å². The van der Waals surface area contributed by atoms with Gasteiger partial charge in [0.2, 0.25) is 0 Å². The molecule has 0 aromatic heterocycles. The Labute approximate surface area is 139 Å². The van der Waals surface area contributed by atoms with Crippen molar-refractivity contribution in [3.05, 3.63) is 30.3 Å². The van der Waals surface area contributed by atoms with Crippen molar-refractivity contribution in [3.8, 4) is 0 Å². The van der Waals surface area contributed by atoms with Gasteiger partial charge < -0.3 is 29.2 Å². The third kappa shape index (κ3) is 3.47. The fraction of sp³-hybridized carbons (Fsp3) is 0.600. The van der Waals surface area contributed by atoms with E-state index in [1.54, 1.807) is 18.2 Å². The Morgan fingerprint density at radius 2 is 1.88 bits per heavy atom. The molecule has 0 radical (unpaired) electrons. The van der Waals surface area contributed by atoms with Crippen LogP contribution < -0.4 is 0 Å². The standard InChI is InChI=1S/C15H20O8S/c1-20-15-13(17)12(16)14-10(22-15)7-21-11(23-14)8-24(18,19)9-5-3-2-4-6-9/h2-6,10-17H,7-8H2,1H3/t10-,11-,12-,13-,14-,15+/m1/s1. The molecule has 134 valence electrons. The zero-order valence-corrected chi connectivity index (χ0v) is 13.8. The minimum Gasteiger partial charge on any atom is -0.387 e. The van der Waals surface area contributed by atoms with Gasteiger partial charge in [0.1, 0.15) is 30.2 Å². The van der Waals surface area contributed by atoms with E-state index in [-0.39, 0.29) is 11.5 Å². The lowest BCUT2D eigenvalue weighted by molar-refractivity contribution is -0.351. The van der Waals surface area contributed by atoms with Crippen molar-refractivity contribution in [3.63, 3.8) is 0 Å². The molecule has 2 aliphatic heterocycles. The average molecular weight is 360 g/mol. The molecule has 9 heteroatoms. The van der Waals surface area contributed by atoms with Crippen LogP contribution >= 0.6 is 0 Å². The topological polar surface area (TPSA) is 112 Å². The number of methoxy groups -OCH3 is 1. The molecular formula is C15H20O8S. The molecule has 2 aliphatic rings. The molecule has 0 spiro atoms. The summed E-state index contributed by atoms with van der Waals surface area (Å²) >= 11 is 0. The second-order valence-corrected chi connectivity index (χ2v) is 7.75. The highest BCUT2D eigenvalue weighted by molar-refractivity contribution is 7.91. The molecule has 2 N–H and O–H groups in total. The summed E-state index contributed by atoms with van der Waals surface area (Å²) in [4.78, 5) is 0.166. The molecule has 0 unspecified atom stereocenters. The largest absolute Gasteiger partial charge is 0.387 e. The Morgan fingerprint density at radius 1 is 1.17 bits per heavy atom. The molecule has 0 aliphatic carbocycles. The summed E-state index contributed by atoms with van der Waals surface area (Å²) in [6.45, 7) is 0.0310. The lowest BCUT2D eigenvalue weighted by atomic mass is 9.98. The molecule has 1 aromatic rings. The quantitative estimate of drug-likeness (QED) is 0.725. The highest BCUT2D eigenvalue weighted by atomic mass is 32.2. The number of aliphatic hydroxyl groups excluding tert-OH is 2. The van der Waals surface area contributed by atoms with Gasteiger partial charge in [-0.3, -0.25) is 0 Å². The first-order valence-electron chi connectivity index (χ1n) is 7.51.